The van der Waals surface area contributed by atoms with Crippen molar-refractivity contribution in [2.75, 3.05) is 0 Å². The molecule has 0 heterocycles. The van der Waals surface area contributed by atoms with Crippen LogP contribution >= 0.6 is 0 Å². The molecular formula is C33H66N2. The van der Waals surface area contributed by atoms with Gasteiger partial charge in [-0.1, -0.05) is 83.1 Å². The Morgan fingerprint density at radius 3 is 0.800 bits per heavy atom. The highest BCUT2D eigenvalue weighted by Gasteiger charge is 2.42. The molecule has 2 heteroatoms. The van der Waals surface area contributed by atoms with Gasteiger partial charge in [0.25, 0.3) is 0 Å². The summed E-state index contributed by atoms with van der Waals surface area (Å²) in [5.74, 6) is 4.34. The van der Waals surface area contributed by atoms with Gasteiger partial charge in [-0.05, 0) is 115 Å². The Bertz CT molecular complexity index is 530. The third kappa shape index (κ3) is 11.1. The molecule has 2 aliphatic rings. The van der Waals surface area contributed by atoms with Crippen LogP contribution in [0.5, 0.6) is 0 Å². The molecule has 2 rings (SSSR count). The maximum Gasteiger partial charge on any atom is 0.00962 e. The summed E-state index contributed by atoms with van der Waals surface area (Å²) in [5, 5.41) is 0. The largest absolute Gasteiger partial charge is 0.327 e. The van der Waals surface area contributed by atoms with E-state index in [2.05, 4.69) is 83.1 Å². The standard InChI is InChI=1S/C33H66N2/c1-30(2,3)18-24-14-22(15-25(28(24)34)19-31(4,5)6)13-23-16-26(20-32(7,8)9)29(35)27(17-23)21-33(10,11)12/h22-29H,13-21,34-35H2,1-12H3. The molecule has 4 unspecified atom stereocenters. The SMILES string of the molecule is CC(C)(C)CC1CC(CC2CC(CC(C)(C)C)C(N)C(CC(C)(C)C)C2)CC(CC(C)(C)C)C1N. The highest BCUT2D eigenvalue weighted by Crippen LogP contribution is 2.49. The third-order valence-electron chi connectivity index (χ3n) is 8.89. The van der Waals surface area contributed by atoms with Crippen LogP contribution < -0.4 is 11.5 Å². The second-order valence-corrected chi connectivity index (χ2v) is 18.2. The summed E-state index contributed by atoms with van der Waals surface area (Å²) < 4.78 is 0. The highest BCUT2D eigenvalue weighted by atomic mass is 14.7. The second kappa shape index (κ2) is 11.3. The number of hydrogen-bond donors (Lipinski definition) is 2. The highest BCUT2D eigenvalue weighted by molar-refractivity contribution is 4.96. The van der Waals surface area contributed by atoms with E-state index in [1.54, 1.807) is 0 Å². The van der Waals surface area contributed by atoms with Gasteiger partial charge in [-0.3, -0.25) is 0 Å². The van der Waals surface area contributed by atoms with Crippen molar-refractivity contribution in [3.8, 4) is 0 Å². The van der Waals surface area contributed by atoms with Crippen LogP contribution in [0.25, 0.3) is 0 Å². The molecule has 0 aromatic carbocycles. The van der Waals surface area contributed by atoms with Gasteiger partial charge in [0, 0.05) is 12.1 Å². The molecule has 0 spiro atoms. The quantitative estimate of drug-likeness (QED) is 0.390. The van der Waals surface area contributed by atoms with Gasteiger partial charge in [-0.2, -0.15) is 0 Å². The smallest absolute Gasteiger partial charge is 0.00962 e. The lowest BCUT2D eigenvalue weighted by atomic mass is 9.60. The predicted molar refractivity (Wildman–Crippen MR) is 156 cm³/mol. The monoisotopic (exact) mass is 491 g/mol. The van der Waals surface area contributed by atoms with Crippen LogP contribution in [0.3, 0.4) is 0 Å². The van der Waals surface area contributed by atoms with Gasteiger partial charge in [0.2, 0.25) is 0 Å². The van der Waals surface area contributed by atoms with Gasteiger partial charge >= 0.3 is 0 Å². The molecule has 0 aromatic rings. The van der Waals surface area contributed by atoms with Gasteiger partial charge in [-0.15, -0.1) is 0 Å². The van der Waals surface area contributed by atoms with Gasteiger partial charge in [0.1, 0.15) is 0 Å². The summed E-state index contributed by atoms with van der Waals surface area (Å²) in [5.41, 5.74) is 15.4. The van der Waals surface area contributed by atoms with Crippen LogP contribution in [0.4, 0.5) is 0 Å². The summed E-state index contributed by atoms with van der Waals surface area (Å²) in [7, 11) is 0. The number of rotatable bonds is 6. The maximum absolute atomic E-state index is 7.02. The Hall–Kier alpha value is -0.0800. The van der Waals surface area contributed by atoms with Gasteiger partial charge in [0.05, 0.1) is 0 Å². The number of hydrogen-bond acceptors (Lipinski definition) is 2. The molecule has 2 nitrogen and oxygen atoms in total. The minimum absolute atomic E-state index is 0.351. The molecule has 2 aliphatic carbocycles. The first kappa shape index (κ1) is 31.1. The zero-order valence-corrected chi connectivity index (χ0v) is 26.1. The van der Waals surface area contributed by atoms with Crippen molar-refractivity contribution in [2.45, 2.75) is 153 Å². The van der Waals surface area contributed by atoms with E-state index in [1.807, 2.05) is 0 Å². The van der Waals surface area contributed by atoms with Crippen LogP contribution in [0.2, 0.25) is 0 Å². The van der Waals surface area contributed by atoms with Crippen molar-refractivity contribution in [1.82, 2.24) is 0 Å². The van der Waals surface area contributed by atoms with Crippen LogP contribution in [0.15, 0.2) is 0 Å². The lowest BCUT2D eigenvalue weighted by Crippen LogP contribution is -2.48. The second-order valence-electron chi connectivity index (χ2n) is 18.2. The van der Waals surface area contributed by atoms with Crippen LogP contribution in [-0.4, -0.2) is 12.1 Å². The molecule has 208 valence electrons. The maximum atomic E-state index is 7.02. The van der Waals surface area contributed by atoms with Gasteiger partial charge in [-0.25, -0.2) is 0 Å². The molecule has 0 bridgehead atoms. The average molecular weight is 491 g/mol. The molecule has 35 heavy (non-hydrogen) atoms. The van der Waals surface area contributed by atoms with E-state index in [4.69, 9.17) is 11.5 Å². The predicted octanol–water partition coefficient (Wildman–Crippen LogP) is 9.06. The lowest BCUT2D eigenvalue weighted by molar-refractivity contribution is 0.0537. The molecule has 0 amide bonds. The summed E-state index contributed by atoms with van der Waals surface area (Å²) in [6.45, 7) is 28.8. The fraction of sp³-hybridized carbons (Fsp3) is 1.00. The van der Waals surface area contributed by atoms with Gasteiger partial charge < -0.3 is 11.5 Å². The number of nitrogens with two attached hydrogens (primary N) is 2. The summed E-state index contributed by atoms with van der Waals surface area (Å²) >= 11 is 0. The van der Waals surface area contributed by atoms with E-state index in [-0.39, 0.29) is 0 Å². The van der Waals surface area contributed by atoms with E-state index in [9.17, 15) is 0 Å². The van der Waals surface area contributed by atoms with Crippen molar-refractivity contribution in [3.63, 3.8) is 0 Å². The Balaban J connectivity index is 2.22. The van der Waals surface area contributed by atoms with Crippen LogP contribution in [0.1, 0.15) is 141 Å². The fourth-order valence-corrected chi connectivity index (χ4v) is 8.18. The molecule has 2 saturated carbocycles. The Kier molecular flexibility index (Phi) is 10.1. The van der Waals surface area contributed by atoms with E-state index in [0.29, 0.717) is 57.4 Å². The average Bonchev–Trinajstić information content (AvgIpc) is 2.58. The van der Waals surface area contributed by atoms with Crippen molar-refractivity contribution in [1.29, 1.82) is 0 Å². The van der Waals surface area contributed by atoms with Crippen molar-refractivity contribution < 1.29 is 0 Å². The topological polar surface area (TPSA) is 52.0 Å². The first-order valence-electron chi connectivity index (χ1n) is 15.1. The lowest BCUT2D eigenvalue weighted by Gasteiger charge is -2.48. The zero-order valence-electron chi connectivity index (χ0n) is 26.1. The summed E-state index contributed by atoms with van der Waals surface area (Å²) in [6.07, 6.45) is 11.8. The molecular weight excluding hydrogens is 424 g/mol. The van der Waals surface area contributed by atoms with E-state index in [1.165, 1.54) is 57.8 Å². The molecule has 0 aromatic heterocycles. The molecule has 2 fully saturated rings. The van der Waals surface area contributed by atoms with Crippen molar-refractivity contribution in [2.24, 2.45) is 68.6 Å². The fourth-order valence-electron chi connectivity index (χ4n) is 8.18. The first-order valence-corrected chi connectivity index (χ1v) is 15.1. The molecule has 4 atom stereocenters. The van der Waals surface area contributed by atoms with Crippen LogP contribution in [0, 0.1) is 57.2 Å². The normalized spacial score (nSPS) is 35.8. The Labute approximate surface area is 221 Å². The Morgan fingerprint density at radius 2 is 0.629 bits per heavy atom. The summed E-state index contributed by atoms with van der Waals surface area (Å²) in [4.78, 5) is 0. The van der Waals surface area contributed by atoms with Gasteiger partial charge in [0.15, 0.2) is 0 Å². The van der Waals surface area contributed by atoms with E-state index < -0.39 is 0 Å². The molecule has 4 N–H and O–H groups in total. The molecule has 0 aliphatic heterocycles. The Morgan fingerprint density at radius 1 is 0.429 bits per heavy atom. The molecule has 0 saturated heterocycles. The minimum Gasteiger partial charge on any atom is -0.327 e. The minimum atomic E-state index is 0.351. The third-order valence-corrected chi connectivity index (χ3v) is 8.89. The zero-order chi connectivity index (χ0) is 27.0. The van der Waals surface area contributed by atoms with E-state index >= 15 is 0 Å². The van der Waals surface area contributed by atoms with Crippen molar-refractivity contribution in [3.05, 3.63) is 0 Å². The van der Waals surface area contributed by atoms with Crippen LogP contribution in [-0.2, 0) is 0 Å². The summed E-state index contributed by atoms with van der Waals surface area (Å²) in [6, 6.07) is 0.735. The first-order chi connectivity index (χ1) is 15.6. The van der Waals surface area contributed by atoms with Crippen molar-refractivity contribution >= 4 is 0 Å². The van der Waals surface area contributed by atoms with E-state index in [0.717, 1.165) is 11.8 Å². The molecule has 0 radical (unpaired) electrons.